The van der Waals surface area contributed by atoms with Gasteiger partial charge in [-0.25, -0.2) is 0 Å². The number of carbonyl (C=O) groups excluding carboxylic acids is 1. The summed E-state index contributed by atoms with van der Waals surface area (Å²) in [5.41, 5.74) is 2.16. The molecule has 1 saturated heterocycles. The number of esters is 1. The minimum absolute atomic E-state index is 0.110. The van der Waals surface area contributed by atoms with E-state index in [1.165, 1.54) is 51.8 Å². The Morgan fingerprint density at radius 3 is 2.06 bits per heavy atom. The normalized spacial score (nSPS) is 17.5. The van der Waals surface area contributed by atoms with Gasteiger partial charge < -0.3 is 0 Å². The molecule has 4 nitrogen and oxygen atoms in total. The van der Waals surface area contributed by atoms with Crippen molar-refractivity contribution in [3.8, 4) is 0 Å². The van der Waals surface area contributed by atoms with E-state index in [1.807, 2.05) is 6.07 Å². The van der Waals surface area contributed by atoms with Crippen molar-refractivity contribution in [2.45, 2.75) is 98.2 Å². The van der Waals surface area contributed by atoms with Crippen LogP contribution in [0.15, 0.2) is 33.9 Å². The Bertz CT molecular complexity index is 688. The van der Waals surface area contributed by atoms with E-state index in [1.54, 1.807) is 7.11 Å². The van der Waals surface area contributed by atoms with Crippen LogP contribution in [0.25, 0.3) is 5.57 Å². The third kappa shape index (κ3) is 8.70. The van der Waals surface area contributed by atoms with Crippen molar-refractivity contribution >= 4 is 29.9 Å². The molecule has 1 fully saturated rings. The first-order valence-corrected chi connectivity index (χ1v) is 20.7. The van der Waals surface area contributed by atoms with Gasteiger partial charge in [0.1, 0.15) is 0 Å². The molecule has 1 aromatic rings. The van der Waals surface area contributed by atoms with E-state index >= 15 is 0 Å². The molecule has 0 aliphatic carbocycles. The summed E-state index contributed by atoms with van der Waals surface area (Å²) in [5, 5.41) is 0. The molecule has 1 atom stereocenters. The Hall–Kier alpha value is -0.851. The molecule has 5 heteroatoms. The summed E-state index contributed by atoms with van der Waals surface area (Å²) < 4.78 is 22.4. The van der Waals surface area contributed by atoms with Gasteiger partial charge in [-0.1, -0.05) is 0 Å². The van der Waals surface area contributed by atoms with Crippen LogP contribution in [0.4, 0.5) is 0 Å². The molecule has 1 aliphatic heterocycles. The molecule has 0 bridgehead atoms. The molecule has 0 N–H and O–H groups in total. The fraction of sp³-hybridized carbons (Fsp3) is 0.679. The number of carbonyl (C=O) groups is 1. The maximum atomic E-state index is 13.6. The Morgan fingerprint density at radius 2 is 1.58 bits per heavy atom. The minimum atomic E-state index is -3.10. The number of unbranched alkanes of at least 4 members (excludes halogenated alkanes) is 3. The van der Waals surface area contributed by atoms with Crippen molar-refractivity contribution in [2.75, 3.05) is 20.3 Å². The Labute approximate surface area is 206 Å². The van der Waals surface area contributed by atoms with Crippen LogP contribution in [0, 0.1) is 0 Å². The molecular weight excluding hydrogens is 519 g/mol. The van der Waals surface area contributed by atoms with Gasteiger partial charge in [-0.2, -0.15) is 0 Å². The van der Waals surface area contributed by atoms with E-state index < -0.39 is 18.4 Å². The second kappa shape index (κ2) is 15.9. The zero-order chi connectivity index (χ0) is 23.9. The number of benzene rings is 1. The molecule has 1 unspecified atom stereocenters. The fourth-order valence-electron chi connectivity index (χ4n) is 5.02. The molecule has 0 aromatic heterocycles. The second-order valence-corrected chi connectivity index (χ2v) is 22.4. The quantitative estimate of drug-likeness (QED) is 0.125. The zero-order valence-corrected chi connectivity index (χ0v) is 24.4. The monoisotopic (exact) mass is 566 g/mol. The van der Waals surface area contributed by atoms with Crippen molar-refractivity contribution in [1.29, 1.82) is 0 Å². The summed E-state index contributed by atoms with van der Waals surface area (Å²) in [5.74, 6) is -0.110. The molecule has 1 heterocycles. The van der Waals surface area contributed by atoms with Gasteiger partial charge in [-0.05, 0) is 0 Å². The molecular formula is C28H46O4Sn. The van der Waals surface area contributed by atoms with E-state index in [4.69, 9.17) is 14.2 Å². The third-order valence-corrected chi connectivity index (χ3v) is 22.6. The van der Waals surface area contributed by atoms with Crippen molar-refractivity contribution in [3.05, 3.63) is 39.5 Å². The van der Waals surface area contributed by atoms with E-state index in [-0.39, 0.29) is 12.3 Å². The van der Waals surface area contributed by atoms with Crippen molar-refractivity contribution < 1.29 is 19.0 Å². The number of hydrogen-bond acceptors (Lipinski definition) is 4. The van der Waals surface area contributed by atoms with Gasteiger partial charge in [0, 0.05) is 0 Å². The number of methoxy groups -OCH3 is 1. The molecule has 2 rings (SSSR count). The second-order valence-electron chi connectivity index (χ2n) is 9.41. The Morgan fingerprint density at radius 1 is 0.970 bits per heavy atom. The van der Waals surface area contributed by atoms with Gasteiger partial charge in [0.2, 0.25) is 0 Å². The number of hydrogen-bond donors (Lipinski definition) is 0. The van der Waals surface area contributed by atoms with Gasteiger partial charge >= 0.3 is 207 Å². The average molecular weight is 565 g/mol. The van der Waals surface area contributed by atoms with E-state index in [0.717, 1.165) is 40.6 Å². The summed E-state index contributed by atoms with van der Waals surface area (Å²) in [4.78, 5) is 13.6. The molecule has 1 aliphatic rings. The summed E-state index contributed by atoms with van der Waals surface area (Å²) in [6.45, 7) is 7.96. The van der Waals surface area contributed by atoms with Crippen molar-refractivity contribution in [1.82, 2.24) is 0 Å². The van der Waals surface area contributed by atoms with Crippen molar-refractivity contribution in [3.63, 3.8) is 0 Å². The van der Waals surface area contributed by atoms with Crippen LogP contribution >= 0.6 is 0 Å². The summed E-state index contributed by atoms with van der Waals surface area (Å²) in [6.07, 6.45) is 10.0. The maximum absolute atomic E-state index is 13.6. The van der Waals surface area contributed by atoms with Gasteiger partial charge in [-0.15, -0.1) is 0 Å². The summed E-state index contributed by atoms with van der Waals surface area (Å²) in [6, 6.07) is 10.4. The predicted molar refractivity (Wildman–Crippen MR) is 140 cm³/mol. The first-order chi connectivity index (χ1) is 16.1. The standard InChI is InChI=1S/C16H19O4.3C4H9.Sn/c1-18-15(17)11-14(13-7-3-2-4-8-13)12-20-16-9-5-6-10-19-16;3*1-3-4-2;/h2-4,7-8,16H,5-6,9-10,12H2,1H3;3*1,3-4H2,2H3;. The first kappa shape index (κ1) is 28.4. The van der Waals surface area contributed by atoms with E-state index in [9.17, 15) is 4.79 Å². The molecule has 186 valence electrons. The van der Waals surface area contributed by atoms with Crippen LogP contribution in [-0.2, 0) is 19.0 Å². The molecule has 1 aromatic carbocycles. The van der Waals surface area contributed by atoms with Gasteiger partial charge in [0.25, 0.3) is 0 Å². The summed E-state index contributed by atoms with van der Waals surface area (Å²) >= 11 is -3.10. The zero-order valence-electron chi connectivity index (χ0n) is 21.5. The SMILES string of the molecule is CCC[CH2][Sn]([CH2]CCC)([CH2]CCC)/[C](C(=O)OC)=C(/COC1CCCCO1)c1ccccc1. The molecule has 0 saturated carbocycles. The predicted octanol–water partition coefficient (Wildman–Crippen LogP) is 7.54. The number of ether oxygens (including phenoxy) is 3. The summed E-state index contributed by atoms with van der Waals surface area (Å²) in [7, 11) is 1.55. The van der Waals surface area contributed by atoms with Crippen molar-refractivity contribution in [2.24, 2.45) is 0 Å². The molecule has 0 radical (unpaired) electrons. The Kier molecular flexibility index (Phi) is 13.7. The van der Waals surface area contributed by atoms with E-state index in [2.05, 4.69) is 45.0 Å². The topological polar surface area (TPSA) is 44.8 Å². The number of rotatable bonds is 15. The van der Waals surface area contributed by atoms with E-state index in [0.29, 0.717) is 6.61 Å². The van der Waals surface area contributed by atoms with Gasteiger partial charge in [0.15, 0.2) is 0 Å². The third-order valence-electron chi connectivity index (χ3n) is 6.92. The fourth-order valence-corrected chi connectivity index (χ4v) is 22.1. The van der Waals surface area contributed by atoms with Crippen LogP contribution < -0.4 is 0 Å². The van der Waals surface area contributed by atoms with Crippen LogP contribution in [0.2, 0.25) is 13.3 Å². The molecule has 0 amide bonds. The van der Waals surface area contributed by atoms with Crippen LogP contribution in [0.3, 0.4) is 0 Å². The molecule has 33 heavy (non-hydrogen) atoms. The average Bonchev–Trinajstić information content (AvgIpc) is 2.87. The first-order valence-electron chi connectivity index (χ1n) is 13.2. The van der Waals surface area contributed by atoms with Gasteiger partial charge in [-0.3, -0.25) is 0 Å². The van der Waals surface area contributed by atoms with Crippen LogP contribution in [0.5, 0.6) is 0 Å². The molecule has 0 spiro atoms. The Balaban J connectivity index is 2.62. The van der Waals surface area contributed by atoms with Crippen LogP contribution in [-0.4, -0.2) is 51.0 Å². The van der Waals surface area contributed by atoms with Crippen LogP contribution in [0.1, 0.15) is 84.1 Å². The van der Waals surface area contributed by atoms with Gasteiger partial charge in [0.05, 0.1) is 0 Å².